The van der Waals surface area contributed by atoms with Crippen LogP contribution in [0.3, 0.4) is 0 Å². The second kappa shape index (κ2) is 7.33. The fourth-order valence-electron chi connectivity index (χ4n) is 1.80. The lowest BCUT2D eigenvalue weighted by atomic mass is 10.3. The van der Waals surface area contributed by atoms with E-state index in [0.717, 1.165) is 35.8 Å². The number of rotatable bonds is 7. The van der Waals surface area contributed by atoms with Crippen LogP contribution >= 0.6 is 11.3 Å². The number of thiazole rings is 1. The smallest absolute Gasteiger partial charge is 0.123 e. The van der Waals surface area contributed by atoms with E-state index >= 15 is 0 Å². The minimum absolute atomic E-state index is 0.378. The Labute approximate surface area is 117 Å². The monoisotopic (exact) mass is 277 g/mol. The molecule has 0 aliphatic rings. The first-order valence-electron chi connectivity index (χ1n) is 6.36. The maximum absolute atomic E-state index is 5.09. The first kappa shape index (κ1) is 14.1. The molecule has 0 aliphatic heterocycles. The van der Waals surface area contributed by atoms with Gasteiger partial charge < -0.3 is 10.1 Å². The molecule has 1 N–H and O–H groups in total. The molecule has 0 saturated carbocycles. The Balaban J connectivity index is 1.85. The van der Waals surface area contributed by atoms with Crippen molar-refractivity contribution in [2.24, 2.45) is 0 Å². The van der Waals surface area contributed by atoms with E-state index in [1.54, 1.807) is 30.8 Å². The van der Waals surface area contributed by atoms with Crippen molar-refractivity contribution in [3.63, 3.8) is 0 Å². The zero-order chi connectivity index (χ0) is 13.5. The predicted octanol–water partition coefficient (Wildman–Crippen LogP) is 2.37. The van der Waals surface area contributed by atoms with Crippen molar-refractivity contribution >= 4 is 11.3 Å². The van der Waals surface area contributed by atoms with E-state index in [-0.39, 0.29) is 0 Å². The molecule has 2 rings (SSSR count). The highest BCUT2D eigenvalue weighted by Crippen LogP contribution is 2.22. The van der Waals surface area contributed by atoms with Gasteiger partial charge in [-0.1, -0.05) is 0 Å². The van der Waals surface area contributed by atoms with Gasteiger partial charge in [-0.25, -0.2) is 4.98 Å². The lowest BCUT2D eigenvalue weighted by Crippen LogP contribution is -2.31. The van der Waals surface area contributed by atoms with Crippen molar-refractivity contribution in [1.82, 2.24) is 15.3 Å². The maximum Gasteiger partial charge on any atom is 0.123 e. The minimum Gasteiger partial charge on any atom is -0.383 e. The number of nitrogens with one attached hydrogen (secondary N) is 1. The molecule has 0 saturated heterocycles. The number of hydrogen-bond acceptors (Lipinski definition) is 5. The highest BCUT2D eigenvalue weighted by atomic mass is 32.1. The molecular weight excluding hydrogens is 258 g/mol. The van der Waals surface area contributed by atoms with Crippen LogP contribution in [0.1, 0.15) is 12.6 Å². The van der Waals surface area contributed by atoms with Crippen molar-refractivity contribution < 1.29 is 4.74 Å². The lowest BCUT2D eigenvalue weighted by molar-refractivity contribution is 0.172. The van der Waals surface area contributed by atoms with Crippen molar-refractivity contribution in [1.29, 1.82) is 0 Å². The van der Waals surface area contributed by atoms with Gasteiger partial charge in [0.05, 0.1) is 12.3 Å². The molecule has 4 nitrogen and oxygen atoms in total. The summed E-state index contributed by atoms with van der Waals surface area (Å²) < 4.78 is 5.09. The van der Waals surface area contributed by atoms with E-state index < -0.39 is 0 Å². The molecule has 2 aromatic heterocycles. The van der Waals surface area contributed by atoms with Gasteiger partial charge in [0.15, 0.2) is 0 Å². The second-order valence-corrected chi connectivity index (χ2v) is 5.30. The third-order valence-corrected chi connectivity index (χ3v) is 3.71. The molecule has 0 amide bonds. The number of pyridine rings is 1. The Hall–Kier alpha value is -1.30. The Morgan fingerprint density at radius 2 is 2.16 bits per heavy atom. The summed E-state index contributed by atoms with van der Waals surface area (Å²) in [6.45, 7) is 3.77. The van der Waals surface area contributed by atoms with Crippen LogP contribution in [0.25, 0.3) is 10.6 Å². The van der Waals surface area contributed by atoms with Gasteiger partial charge in [-0.15, -0.1) is 11.3 Å². The van der Waals surface area contributed by atoms with Gasteiger partial charge in [-0.3, -0.25) is 4.98 Å². The van der Waals surface area contributed by atoms with Gasteiger partial charge >= 0.3 is 0 Å². The third kappa shape index (κ3) is 4.38. The molecule has 5 heteroatoms. The van der Waals surface area contributed by atoms with Gasteiger partial charge in [0.2, 0.25) is 0 Å². The van der Waals surface area contributed by atoms with Gasteiger partial charge in [-0.05, 0) is 19.1 Å². The zero-order valence-electron chi connectivity index (χ0n) is 11.3. The number of hydrogen-bond donors (Lipinski definition) is 1. The molecule has 0 spiro atoms. The highest BCUT2D eigenvalue weighted by Gasteiger charge is 2.05. The number of nitrogens with zero attached hydrogens (tertiary/aromatic N) is 2. The molecule has 0 aromatic carbocycles. The van der Waals surface area contributed by atoms with E-state index in [0.29, 0.717) is 6.04 Å². The average molecular weight is 277 g/mol. The first-order valence-corrected chi connectivity index (χ1v) is 7.24. The zero-order valence-corrected chi connectivity index (χ0v) is 12.1. The van der Waals surface area contributed by atoms with Crippen molar-refractivity contribution in [3.8, 4) is 10.6 Å². The van der Waals surface area contributed by atoms with Crippen LogP contribution in [-0.2, 0) is 11.2 Å². The summed E-state index contributed by atoms with van der Waals surface area (Å²) in [5, 5.41) is 6.59. The van der Waals surface area contributed by atoms with Crippen LogP contribution in [0.2, 0.25) is 0 Å². The van der Waals surface area contributed by atoms with Crippen LogP contribution in [0.5, 0.6) is 0 Å². The fourth-order valence-corrected chi connectivity index (χ4v) is 2.66. The van der Waals surface area contributed by atoms with Gasteiger partial charge in [-0.2, -0.15) is 0 Å². The molecule has 2 heterocycles. The van der Waals surface area contributed by atoms with Crippen molar-refractivity contribution in [3.05, 3.63) is 35.6 Å². The normalized spacial score (nSPS) is 12.5. The molecule has 0 fully saturated rings. The summed E-state index contributed by atoms with van der Waals surface area (Å²) in [6.07, 6.45) is 4.53. The largest absolute Gasteiger partial charge is 0.383 e. The summed E-state index contributed by atoms with van der Waals surface area (Å²) >= 11 is 1.68. The third-order valence-electron chi connectivity index (χ3n) is 2.77. The van der Waals surface area contributed by atoms with Crippen LogP contribution < -0.4 is 5.32 Å². The molecule has 2 aromatic rings. The summed E-state index contributed by atoms with van der Waals surface area (Å²) in [5.74, 6) is 0. The van der Waals surface area contributed by atoms with E-state index in [1.807, 2.05) is 12.1 Å². The Kier molecular flexibility index (Phi) is 5.44. The Morgan fingerprint density at radius 1 is 1.37 bits per heavy atom. The average Bonchev–Trinajstić information content (AvgIpc) is 2.89. The number of ether oxygens (including phenoxy) is 1. The molecule has 102 valence electrons. The van der Waals surface area contributed by atoms with Crippen LogP contribution in [0.15, 0.2) is 29.9 Å². The Morgan fingerprint density at radius 3 is 2.89 bits per heavy atom. The highest BCUT2D eigenvalue weighted by molar-refractivity contribution is 7.13. The minimum atomic E-state index is 0.378. The number of methoxy groups -OCH3 is 1. The number of aromatic nitrogens is 2. The van der Waals surface area contributed by atoms with Gasteiger partial charge in [0, 0.05) is 49.5 Å². The molecule has 0 unspecified atom stereocenters. The van der Waals surface area contributed by atoms with Crippen molar-refractivity contribution in [2.45, 2.75) is 19.4 Å². The molecule has 0 radical (unpaired) electrons. The molecule has 0 aliphatic carbocycles. The van der Waals surface area contributed by atoms with E-state index in [9.17, 15) is 0 Å². The summed E-state index contributed by atoms with van der Waals surface area (Å²) in [6, 6.07) is 4.35. The summed E-state index contributed by atoms with van der Waals surface area (Å²) in [4.78, 5) is 8.66. The molecule has 1 atom stereocenters. The quantitative estimate of drug-likeness (QED) is 0.844. The molecular formula is C14H19N3OS. The summed E-state index contributed by atoms with van der Waals surface area (Å²) in [5.41, 5.74) is 2.26. The van der Waals surface area contributed by atoms with Gasteiger partial charge in [0.1, 0.15) is 5.01 Å². The van der Waals surface area contributed by atoms with Crippen LogP contribution in [0.4, 0.5) is 0 Å². The second-order valence-electron chi connectivity index (χ2n) is 4.44. The first-order chi connectivity index (χ1) is 9.29. The SMILES string of the molecule is COC[C@H](C)NCCc1csc(-c2ccncc2)n1. The molecule has 0 bridgehead atoms. The Bertz CT molecular complexity index is 486. The van der Waals surface area contributed by atoms with Crippen molar-refractivity contribution in [2.75, 3.05) is 20.3 Å². The standard InChI is InChI=1S/C14H19N3OS/c1-11(9-18-2)16-8-5-13-10-19-14(17-13)12-3-6-15-7-4-12/h3-4,6-7,10-11,16H,5,8-9H2,1-2H3/t11-/m0/s1. The molecule has 19 heavy (non-hydrogen) atoms. The van der Waals surface area contributed by atoms with Gasteiger partial charge in [0.25, 0.3) is 0 Å². The maximum atomic E-state index is 5.09. The van der Waals surface area contributed by atoms with E-state index in [2.05, 4.69) is 27.6 Å². The van der Waals surface area contributed by atoms with E-state index in [1.165, 1.54) is 0 Å². The van der Waals surface area contributed by atoms with Crippen LogP contribution in [-0.4, -0.2) is 36.3 Å². The lowest BCUT2D eigenvalue weighted by Gasteiger charge is -2.11. The van der Waals surface area contributed by atoms with Crippen LogP contribution in [0, 0.1) is 0 Å². The topological polar surface area (TPSA) is 47.0 Å². The summed E-state index contributed by atoms with van der Waals surface area (Å²) in [7, 11) is 1.72. The fraction of sp³-hybridized carbons (Fsp3) is 0.429. The van der Waals surface area contributed by atoms with E-state index in [4.69, 9.17) is 4.74 Å². The predicted molar refractivity (Wildman–Crippen MR) is 78.4 cm³/mol.